The third kappa shape index (κ3) is 15.6. The molecule has 0 unspecified atom stereocenters. The smallest absolute Gasteiger partial charge is 0.407 e. The molecule has 1 aliphatic rings. The topological polar surface area (TPSA) is 176 Å². The molecular formula is C29H40F2N2O11. The average Bonchev–Trinajstić information content (AvgIpc) is 3.26. The number of halogens is 2. The molecule has 3 N–H and O–H groups in total. The number of allylic oxidation sites excluding steroid dienone is 2. The molecule has 2 rings (SSSR count). The maximum atomic E-state index is 14.4. The lowest BCUT2D eigenvalue weighted by Crippen LogP contribution is -2.29. The fourth-order valence-electron chi connectivity index (χ4n) is 4.35. The molecule has 0 heterocycles. The summed E-state index contributed by atoms with van der Waals surface area (Å²) in [5, 5.41) is 32.1. The number of aliphatic hydroxyl groups excluding tert-OH is 2. The summed E-state index contributed by atoms with van der Waals surface area (Å²) < 4.78 is 48.7. The van der Waals surface area contributed by atoms with E-state index in [-0.39, 0.29) is 52.4 Å². The van der Waals surface area contributed by atoms with Crippen LogP contribution in [0.4, 0.5) is 13.6 Å². The number of benzene rings is 1. The molecule has 44 heavy (non-hydrogen) atoms. The monoisotopic (exact) mass is 630 g/mol. The first kappa shape index (κ1) is 36.4. The Morgan fingerprint density at radius 2 is 1.80 bits per heavy atom. The molecule has 1 aromatic rings. The van der Waals surface area contributed by atoms with Crippen molar-refractivity contribution in [3.05, 3.63) is 64.8 Å². The Labute approximate surface area is 253 Å². The van der Waals surface area contributed by atoms with E-state index in [0.717, 1.165) is 6.08 Å². The van der Waals surface area contributed by atoms with Gasteiger partial charge in [0.15, 0.2) is 6.61 Å². The number of alkyl carbamates (subject to hydrolysis) is 1. The first-order valence-corrected chi connectivity index (χ1v) is 14.2. The zero-order chi connectivity index (χ0) is 32.2. The highest BCUT2D eigenvalue weighted by atomic mass is 19.3. The summed E-state index contributed by atoms with van der Waals surface area (Å²) in [6.07, 6.45) is 4.72. The fraction of sp³-hybridized carbons (Fsp3) is 0.586. The zero-order valence-electron chi connectivity index (χ0n) is 24.3. The van der Waals surface area contributed by atoms with Gasteiger partial charge in [0.05, 0.1) is 32.0 Å². The number of alkyl halides is 2. The second kappa shape index (κ2) is 20.2. The van der Waals surface area contributed by atoms with E-state index in [2.05, 4.69) is 10.2 Å². The fourth-order valence-corrected chi connectivity index (χ4v) is 4.35. The van der Waals surface area contributed by atoms with Gasteiger partial charge in [-0.1, -0.05) is 36.4 Å². The van der Waals surface area contributed by atoms with Crippen LogP contribution in [0.1, 0.15) is 32.1 Å². The Morgan fingerprint density at radius 1 is 1.05 bits per heavy atom. The van der Waals surface area contributed by atoms with Gasteiger partial charge in [-0.3, -0.25) is 4.79 Å². The van der Waals surface area contributed by atoms with Gasteiger partial charge in [0, 0.05) is 18.8 Å². The molecule has 13 nitrogen and oxygen atoms in total. The summed E-state index contributed by atoms with van der Waals surface area (Å²) in [6.45, 7) is -1.15. The van der Waals surface area contributed by atoms with E-state index in [1.165, 1.54) is 6.08 Å². The maximum Gasteiger partial charge on any atom is 0.407 e. The zero-order valence-corrected chi connectivity index (χ0v) is 24.3. The van der Waals surface area contributed by atoms with Crippen LogP contribution in [0.15, 0.2) is 54.6 Å². The molecule has 246 valence electrons. The lowest BCUT2D eigenvalue weighted by atomic mass is 9.89. The number of rotatable bonds is 21. The number of carbonyl (C=O) groups is 2. The predicted molar refractivity (Wildman–Crippen MR) is 151 cm³/mol. The Bertz CT molecular complexity index is 1060. The van der Waals surface area contributed by atoms with Gasteiger partial charge in [0.25, 0.3) is 11.0 Å². The van der Waals surface area contributed by atoms with Crippen molar-refractivity contribution in [2.45, 2.75) is 50.2 Å². The molecule has 1 saturated carbocycles. The number of nitrogens with zero attached hydrogens (tertiary/aromatic N) is 1. The number of esters is 1. The van der Waals surface area contributed by atoms with Gasteiger partial charge in [-0.05, 0) is 43.4 Å². The lowest BCUT2D eigenvalue weighted by molar-refractivity contribution is -0.758. The first-order valence-electron chi connectivity index (χ1n) is 14.2. The summed E-state index contributed by atoms with van der Waals surface area (Å²) in [6, 6.07) is 8.27. The number of unbranched alkanes of at least 4 members (excludes halogenated alkanes) is 1. The van der Waals surface area contributed by atoms with Gasteiger partial charge in [-0.15, -0.1) is 10.1 Å². The van der Waals surface area contributed by atoms with Gasteiger partial charge >= 0.3 is 12.1 Å². The van der Waals surface area contributed by atoms with E-state index in [9.17, 15) is 38.7 Å². The minimum atomic E-state index is -3.26. The minimum Gasteiger partial charge on any atom is -0.487 e. The number of para-hydroxylation sites is 1. The molecule has 0 aliphatic heterocycles. The largest absolute Gasteiger partial charge is 0.487 e. The summed E-state index contributed by atoms with van der Waals surface area (Å²) in [4.78, 5) is 37.4. The van der Waals surface area contributed by atoms with Gasteiger partial charge < -0.3 is 39.3 Å². The Kier molecular flexibility index (Phi) is 16.7. The lowest BCUT2D eigenvalue weighted by Gasteiger charge is -2.20. The van der Waals surface area contributed by atoms with Crippen molar-refractivity contribution in [2.24, 2.45) is 11.8 Å². The molecule has 1 aromatic carbocycles. The summed E-state index contributed by atoms with van der Waals surface area (Å²) in [5.41, 5.74) is 0. The molecule has 1 aliphatic carbocycles. The second-order valence-electron chi connectivity index (χ2n) is 9.89. The van der Waals surface area contributed by atoms with Crippen LogP contribution in [0.25, 0.3) is 0 Å². The van der Waals surface area contributed by atoms with Crippen molar-refractivity contribution < 1.29 is 57.5 Å². The summed E-state index contributed by atoms with van der Waals surface area (Å²) in [7, 11) is 0. The van der Waals surface area contributed by atoms with Crippen LogP contribution in [0.5, 0.6) is 5.75 Å². The summed E-state index contributed by atoms with van der Waals surface area (Å²) in [5.74, 6) is -4.46. The Balaban J connectivity index is 1.57. The van der Waals surface area contributed by atoms with Gasteiger partial charge in [0.2, 0.25) is 0 Å². The van der Waals surface area contributed by atoms with Crippen LogP contribution in [0, 0.1) is 22.0 Å². The van der Waals surface area contributed by atoms with Crippen molar-refractivity contribution in [1.29, 1.82) is 0 Å². The van der Waals surface area contributed by atoms with Crippen LogP contribution < -0.4 is 10.1 Å². The van der Waals surface area contributed by atoms with Gasteiger partial charge in [-0.2, -0.15) is 8.78 Å². The molecule has 0 spiro atoms. The molecule has 0 bridgehead atoms. The highest BCUT2D eigenvalue weighted by Crippen LogP contribution is 2.37. The van der Waals surface area contributed by atoms with Crippen molar-refractivity contribution in [3.8, 4) is 5.75 Å². The normalized spacial score (nSPS) is 20.1. The van der Waals surface area contributed by atoms with E-state index in [1.54, 1.807) is 36.4 Å². The van der Waals surface area contributed by atoms with Crippen LogP contribution in [0.3, 0.4) is 0 Å². The van der Waals surface area contributed by atoms with Crippen molar-refractivity contribution >= 4 is 12.1 Å². The van der Waals surface area contributed by atoms with Gasteiger partial charge in [0.1, 0.15) is 25.6 Å². The number of amides is 1. The van der Waals surface area contributed by atoms with E-state index in [0.29, 0.717) is 25.0 Å². The Morgan fingerprint density at radius 3 is 2.55 bits per heavy atom. The predicted octanol–water partition coefficient (Wildman–Crippen LogP) is 3.23. The standard InChI is InChI=1S/C29H40F2N2O11/c30-29(31,21-43-22-8-4-3-5-9-22)13-12-24-23(25(34)20-26(24)35)10-6-1-2-7-11-27(36)41-15-14-32-28(37)42-18-16-40-17-19-44-33(38)39/h1,3-6,8-9,12-13,23-26,34-35H,2,7,10-11,14-21H2,(H,32,37)/b6-1+,13-12+/t23-,24-,25+,26-/m1/s1. The van der Waals surface area contributed by atoms with Crippen molar-refractivity contribution in [3.63, 3.8) is 0 Å². The number of ether oxygens (including phenoxy) is 4. The number of nitrogens with one attached hydrogen (secondary N) is 1. The average molecular weight is 631 g/mol. The van der Waals surface area contributed by atoms with Crippen molar-refractivity contribution in [2.75, 3.05) is 46.2 Å². The molecule has 1 amide bonds. The number of hydrogen-bond acceptors (Lipinski definition) is 11. The molecule has 4 atom stereocenters. The molecule has 0 aromatic heterocycles. The van der Waals surface area contributed by atoms with E-state index >= 15 is 0 Å². The third-order valence-corrected chi connectivity index (χ3v) is 6.50. The minimum absolute atomic E-state index is 0.0278. The molecule has 0 radical (unpaired) electrons. The molecule has 0 saturated heterocycles. The highest BCUT2D eigenvalue weighted by Gasteiger charge is 2.40. The van der Waals surface area contributed by atoms with Crippen LogP contribution >= 0.6 is 0 Å². The Hall–Kier alpha value is -3.82. The third-order valence-electron chi connectivity index (χ3n) is 6.50. The highest BCUT2D eigenvalue weighted by molar-refractivity contribution is 5.69. The first-order chi connectivity index (χ1) is 21.1. The summed E-state index contributed by atoms with van der Waals surface area (Å²) >= 11 is 0. The number of carbonyl (C=O) groups excluding carboxylic acids is 2. The SMILES string of the molecule is O=C(CCC/C=C/C[C@@H]1[C@@H](/C=C/C(F)(F)COc2ccccc2)[C@H](O)C[C@@H]1O)OCCNC(=O)OCCOCCO[N+](=O)[O-]. The quantitative estimate of drug-likeness (QED) is 0.0598. The maximum absolute atomic E-state index is 14.4. The number of aliphatic hydroxyl groups is 2. The van der Waals surface area contributed by atoms with Crippen LogP contribution in [0.2, 0.25) is 0 Å². The molecule has 15 heteroatoms. The van der Waals surface area contributed by atoms with Crippen LogP contribution in [-0.2, 0) is 23.8 Å². The van der Waals surface area contributed by atoms with E-state index in [4.69, 9.17) is 18.9 Å². The molecular weight excluding hydrogens is 590 g/mol. The molecule has 1 fully saturated rings. The number of hydrogen-bond donors (Lipinski definition) is 3. The van der Waals surface area contributed by atoms with Crippen LogP contribution in [-0.4, -0.2) is 91.7 Å². The van der Waals surface area contributed by atoms with Gasteiger partial charge in [-0.25, -0.2) is 4.79 Å². The van der Waals surface area contributed by atoms with E-state index in [1.807, 2.05) is 6.08 Å². The second-order valence-corrected chi connectivity index (χ2v) is 9.89. The van der Waals surface area contributed by atoms with Crippen molar-refractivity contribution in [1.82, 2.24) is 5.32 Å². The van der Waals surface area contributed by atoms with E-state index < -0.39 is 53.7 Å².